The van der Waals surface area contributed by atoms with Gasteiger partial charge in [0.05, 0.1) is 19.3 Å². The van der Waals surface area contributed by atoms with Crippen LogP contribution in [0.5, 0.6) is 0 Å². The molecule has 9 nitrogen and oxygen atoms in total. The third-order valence-corrected chi connectivity index (χ3v) is 3.53. The Kier molecular flexibility index (Phi) is 5.71. The summed E-state index contributed by atoms with van der Waals surface area (Å²) < 4.78 is 14.5. The molecular formula is C16H17NO8. The van der Waals surface area contributed by atoms with Crippen molar-refractivity contribution in [1.82, 2.24) is 0 Å². The number of carboxylic acids is 1. The predicted molar refractivity (Wildman–Crippen MR) is 83.1 cm³/mol. The molecule has 134 valence electrons. The van der Waals surface area contributed by atoms with Gasteiger partial charge in [-0.25, -0.2) is 9.59 Å². The fraction of sp³-hybridized carbons (Fsp3) is 0.375. The summed E-state index contributed by atoms with van der Waals surface area (Å²) in [7, 11) is 1.26. The number of hydrogen-bond acceptors (Lipinski definition) is 7. The summed E-state index contributed by atoms with van der Waals surface area (Å²) in [6.07, 6.45) is -3.18. The highest BCUT2D eigenvalue weighted by molar-refractivity contribution is 6.01. The van der Waals surface area contributed by atoms with E-state index in [0.29, 0.717) is 11.3 Å². The van der Waals surface area contributed by atoms with Crippen molar-refractivity contribution in [3.63, 3.8) is 0 Å². The molecule has 1 saturated heterocycles. The maximum Gasteiger partial charge on any atom is 0.348 e. The number of hydrogen-bond donors (Lipinski definition) is 1. The largest absolute Gasteiger partial charge is 0.478 e. The molecule has 2 rings (SSSR count). The second-order valence-corrected chi connectivity index (χ2v) is 5.19. The number of esters is 2. The lowest BCUT2D eigenvalue weighted by atomic mass is 10.1. The van der Waals surface area contributed by atoms with E-state index in [2.05, 4.69) is 4.74 Å². The molecule has 0 unspecified atom stereocenters. The highest BCUT2D eigenvalue weighted by Crippen LogP contribution is 2.22. The SMILES string of the molecule is COC(=O)c1ccc(N2CCO[C@H]([C@@H](OC(C)=O)C(=O)O)C2=O)cc1. The zero-order valence-electron chi connectivity index (χ0n) is 13.6. The first-order valence-corrected chi connectivity index (χ1v) is 7.36. The number of morpholine rings is 1. The number of anilines is 1. The number of nitrogens with zero attached hydrogens (tertiary/aromatic N) is 1. The third-order valence-electron chi connectivity index (χ3n) is 3.53. The van der Waals surface area contributed by atoms with Gasteiger partial charge in [0.1, 0.15) is 0 Å². The second kappa shape index (κ2) is 7.75. The second-order valence-electron chi connectivity index (χ2n) is 5.19. The number of rotatable bonds is 5. The number of benzene rings is 1. The molecule has 9 heteroatoms. The minimum absolute atomic E-state index is 0.0696. The molecule has 1 heterocycles. The molecule has 1 amide bonds. The Labute approximate surface area is 143 Å². The lowest BCUT2D eigenvalue weighted by Gasteiger charge is -2.34. The maximum atomic E-state index is 12.6. The standard InChI is InChI=1S/C16H17NO8/c1-9(18)25-13(15(20)21)12-14(19)17(7-8-24-12)11-5-3-10(4-6-11)16(22)23-2/h3-6,12-13H,7-8H2,1-2H3,(H,20,21)/t12-,13-/m1/s1. The van der Waals surface area contributed by atoms with Crippen molar-refractivity contribution in [3.05, 3.63) is 29.8 Å². The van der Waals surface area contributed by atoms with Gasteiger partial charge in [0, 0.05) is 19.2 Å². The van der Waals surface area contributed by atoms with Crippen molar-refractivity contribution in [2.75, 3.05) is 25.2 Å². The van der Waals surface area contributed by atoms with E-state index in [-0.39, 0.29) is 13.2 Å². The van der Waals surface area contributed by atoms with Gasteiger partial charge in [-0.1, -0.05) is 0 Å². The van der Waals surface area contributed by atoms with E-state index in [1.54, 1.807) is 0 Å². The average Bonchev–Trinajstić information content (AvgIpc) is 2.59. The molecule has 1 fully saturated rings. The maximum absolute atomic E-state index is 12.6. The Balaban J connectivity index is 2.22. The molecule has 2 atom stereocenters. The van der Waals surface area contributed by atoms with Crippen molar-refractivity contribution in [1.29, 1.82) is 0 Å². The molecule has 0 saturated carbocycles. The minimum atomic E-state index is -1.73. The van der Waals surface area contributed by atoms with Crippen LogP contribution in [0.4, 0.5) is 5.69 Å². The predicted octanol–water partition coefficient (Wildman–Crippen LogP) is 0.221. The van der Waals surface area contributed by atoms with Crippen LogP contribution >= 0.6 is 0 Å². The summed E-state index contributed by atoms with van der Waals surface area (Å²) >= 11 is 0. The molecule has 0 spiro atoms. The van der Waals surface area contributed by atoms with Gasteiger partial charge < -0.3 is 24.2 Å². The monoisotopic (exact) mass is 351 g/mol. The number of carboxylic acid groups (broad SMARTS) is 1. The number of ether oxygens (including phenoxy) is 3. The van der Waals surface area contributed by atoms with Crippen LogP contribution in [0.15, 0.2) is 24.3 Å². The summed E-state index contributed by atoms with van der Waals surface area (Å²) in [4.78, 5) is 47.7. The summed E-state index contributed by atoms with van der Waals surface area (Å²) in [6, 6.07) is 6.04. The first kappa shape index (κ1) is 18.4. The van der Waals surface area contributed by atoms with E-state index in [1.807, 2.05) is 0 Å². The van der Waals surface area contributed by atoms with Gasteiger partial charge in [-0.2, -0.15) is 0 Å². The van der Waals surface area contributed by atoms with E-state index in [4.69, 9.17) is 9.47 Å². The third kappa shape index (κ3) is 4.13. The van der Waals surface area contributed by atoms with Crippen LogP contribution in [-0.2, 0) is 28.6 Å². The molecule has 0 aromatic heterocycles. The van der Waals surface area contributed by atoms with Crippen LogP contribution in [0.25, 0.3) is 0 Å². The molecule has 1 aromatic rings. The van der Waals surface area contributed by atoms with E-state index >= 15 is 0 Å². The van der Waals surface area contributed by atoms with Crippen molar-refractivity contribution in [2.24, 2.45) is 0 Å². The number of aliphatic carboxylic acids is 1. The molecule has 0 radical (unpaired) electrons. The normalized spacial score (nSPS) is 18.4. The van der Waals surface area contributed by atoms with E-state index in [9.17, 15) is 24.3 Å². The summed E-state index contributed by atoms with van der Waals surface area (Å²) in [5.74, 6) is -3.47. The summed E-state index contributed by atoms with van der Waals surface area (Å²) in [5, 5.41) is 9.19. The Bertz CT molecular complexity index is 684. The Morgan fingerprint density at radius 3 is 2.44 bits per heavy atom. The Morgan fingerprint density at radius 2 is 1.92 bits per heavy atom. The highest BCUT2D eigenvalue weighted by atomic mass is 16.6. The quantitative estimate of drug-likeness (QED) is 0.748. The van der Waals surface area contributed by atoms with Crippen molar-refractivity contribution >= 4 is 29.5 Å². The smallest absolute Gasteiger partial charge is 0.348 e. The average molecular weight is 351 g/mol. The summed E-state index contributed by atoms with van der Waals surface area (Å²) in [5.41, 5.74) is 0.768. The van der Waals surface area contributed by atoms with E-state index in [0.717, 1.165) is 6.92 Å². The lowest BCUT2D eigenvalue weighted by Crippen LogP contribution is -2.55. The van der Waals surface area contributed by atoms with Gasteiger partial charge in [0.2, 0.25) is 6.10 Å². The van der Waals surface area contributed by atoms with Crippen molar-refractivity contribution < 1.29 is 38.5 Å². The fourth-order valence-corrected chi connectivity index (χ4v) is 2.40. The fourth-order valence-electron chi connectivity index (χ4n) is 2.40. The zero-order chi connectivity index (χ0) is 18.6. The zero-order valence-corrected chi connectivity index (χ0v) is 13.6. The van der Waals surface area contributed by atoms with Crippen LogP contribution in [0.2, 0.25) is 0 Å². The number of carbonyl (C=O) groups excluding carboxylic acids is 3. The number of methoxy groups -OCH3 is 1. The van der Waals surface area contributed by atoms with Crippen LogP contribution < -0.4 is 4.90 Å². The van der Waals surface area contributed by atoms with Crippen LogP contribution in [-0.4, -0.2) is 61.4 Å². The Hall–Kier alpha value is -2.94. The lowest BCUT2D eigenvalue weighted by molar-refractivity contribution is -0.177. The first-order chi connectivity index (χ1) is 11.8. The molecule has 1 aliphatic heterocycles. The molecule has 0 aliphatic carbocycles. The number of amides is 1. The molecule has 1 N–H and O–H groups in total. The minimum Gasteiger partial charge on any atom is -0.478 e. The Morgan fingerprint density at radius 1 is 1.28 bits per heavy atom. The molecule has 1 aromatic carbocycles. The van der Waals surface area contributed by atoms with Gasteiger partial charge in [0.25, 0.3) is 5.91 Å². The van der Waals surface area contributed by atoms with Gasteiger partial charge in [0.15, 0.2) is 6.10 Å². The summed E-state index contributed by atoms with van der Waals surface area (Å²) in [6.45, 7) is 1.31. The van der Waals surface area contributed by atoms with Crippen molar-refractivity contribution in [2.45, 2.75) is 19.1 Å². The molecule has 25 heavy (non-hydrogen) atoms. The molecule has 0 bridgehead atoms. The molecular weight excluding hydrogens is 334 g/mol. The van der Waals surface area contributed by atoms with E-state index < -0.39 is 36.0 Å². The van der Waals surface area contributed by atoms with Gasteiger partial charge in [-0.05, 0) is 24.3 Å². The molecule has 1 aliphatic rings. The van der Waals surface area contributed by atoms with Gasteiger partial charge in [-0.15, -0.1) is 0 Å². The van der Waals surface area contributed by atoms with Crippen LogP contribution in [0.1, 0.15) is 17.3 Å². The van der Waals surface area contributed by atoms with Gasteiger partial charge in [-0.3, -0.25) is 9.59 Å². The van der Waals surface area contributed by atoms with Crippen LogP contribution in [0.3, 0.4) is 0 Å². The topological polar surface area (TPSA) is 119 Å². The highest BCUT2D eigenvalue weighted by Gasteiger charge is 2.42. The van der Waals surface area contributed by atoms with Gasteiger partial charge >= 0.3 is 17.9 Å². The van der Waals surface area contributed by atoms with E-state index in [1.165, 1.54) is 36.3 Å². The van der Waals surface area contributed by atoms with Crippen LogP contribution in [0, 0.1) is 0 Å². The number of carbonyl (C=O) groups is 4. The van der Waals surface area contributed by atoms with Crippen molar-refractivity contribution in [3.8, 4) is 0 Å². The first-order valence-electron chi connectivity index (χ1n) is 7.36.